The fraction of sp³-hybridized carbons (Fsp3) is 0.500. The van der Waals surface area contributed by atoms with Crippen LogP contribution in [0.4, 0.5) is 8.78 Å². The first-order chi connectivity index (χ1) is 4.66. The monoisotopic (exact) mass is 146 g/mol. The van der Waals surface area contributed by atoms with E-state index in [0.29, 0.717) is 12.8 Å². The summed E-state index contributed by atoms with van der Waals surface area (Å²) < 4.78 is 24.3. The van der Waals surface area contributed by atoms with Crippen LogP contribution in [0, 0.1) is 0 Å². The molecule has 0 aromatic heterocycles. The van der Waals surface area contributed by atoms with Crippen LogP contribution in [0.15, 0.2) is 23.8 Å². The third-order valence-corrected chi connectivity index (χ3v) is 1.12. The SMILES string of the molecule is C/C=C(\F)CC/C=C(/C)F. The van der Waals surface area contributed by atoms with Gasteiger partial charge in [-0.25, -0.2) is 8.78 Å². The van der Waals surface area contributed by atoms with Crippen LogP contribution in [0.3, 0.4) is 0 Å². The van der Waals surface area contributed by atoms with Crippen LogP contribution in [0.2, 0.25) is 0 Å². The highest BCUT2D eigenvalue weighted by atomic mass is 19.1. The maximum absolute atomic E-state index is 12.3. The van der Waals surface area contributed by atoms with Gasteiger partial charge in [-0.05, 0) is 20.3 Å². The summed E-state index contributed by atoms with van der Waals surface area (Å²) in [6.07, 6.45) is 3.51. The summed E-state index contributed by atoms with van der Waals surface area (Å²) in [5.74, 6) is -0.429. The molecular formula is C8H12F2. The predicted molar refractivity (Wildman–Crippen MR) is 39.0 cm³/mol. The molecule has 10 heavy (non-hydrogen) atoms. The molecular weight excluding hydrogens is 134 g/mol. The highest BCUT2D eigenvalue weighted by molar-refractivity contribution is 4.94. The highest BCUT2D eigenvalue weighted by Gasteiger charge is 1.90. The lowest BCUT2D eigenvalue weighted by Gasteiger charge is -1.90. The Morgan fingerprint density at radius 3 is 2.40 bits per heavy atom. The van der Waals surface area contributed by atoms with Gasteiger partial charge < -0.3 is 0 Å². The summed E-state index contributed by atoms with van der Waals surface area (Å²) in [7, 11) is 0. The van der Waals surface area contributed by atoms with E-state index in [9.17, 15) is 8.78 Å². The number of allylic oxidation sites excluding steroid dienone is 4. The van der Waals surface area contributed by atoms with Crippen molar-refractivity contribution in [3.63, 3.8) is 0 Å². The molecule has 0 spiro atoms. The molecule has 0 atom stereocenters. The molecule has 58 valence electrons. The van der Waals surface area contributed by atoms with Gasteiger partial charge in [-0.15, -0.1) is 0 Å². The maximum atomic E-state index is 12.3. The zero-order chi connectivity index (χ0) is 7.98. The fourth-order valence-electron chi connectivity index (χ4n) is 0.553. The minimum atomic E-state index is -0.246. The standard InChI is InChI=1S/C8H12F2/c1-3-8(10)6-4-5-7(2)9/h3,5H,4,6H2,1-2H3/b7-5-,8-3-. The molecule has 0 amide bonds. The van der Waals surface area contributed by atoms with Gasteiger partial charge in [0.05, 0.1) is 11.7 Å². The Balaban J connectivity index is 3.47. The topological polar surface area (TPSA) is 0 Å². The van der Waals surface area contributed by atoms with Crippen molar-refractivity contribution in [2.75, 3.05) is 0 Å². The smallest absolute Gasteiger partial charge is 0.0960 e. The van der Waals surface area contributed by atoms with Gasteiger partial charge in [0.2, 0.25) is 0 Å². The molecule has 0 saturated carbocycles. The Bertz CT molecular complexity index is 141. The van der Waals surface area contributed by atoms with E-state index in [-0.39, 0.29) is 11.7 Å². The molecule has 0 rings (SSSR count). The zero-order valence-corrected chi connectivity index (χ0v) is 6.32. The van der Waals surface area contributed by atoms with Crippen molar-refractivity contribution in [2.24, 2.45) is 0 Å². The summed E-state index contributed by atoms with van der Waals surface area (Å²) in [4.78, 5) is 0. The van der Waals surface area contributed by atoms with Gasteiger partial charge in [0.25, 0.3) is 0 Å². The van der Waals surface area contributed by atoms with E-state index in [2.05, 4.69) is 0 Å². The van der Waals surface area contributed by atoms with E-state index in [1.807, 2.05) is 0 Å². The fourth-order valence-corrected chi connectivity index (χ4v) is 0.553. The Morgan fingerprint density at radius 1 is 1.40 bits per heavy atom. The molecule has 0 aromatic carbocycles. The van der Waals surface area contributed by atoms with E-state index in [4.69, 9.17) is 0 Å². The summed E-state index contributed by atoms with van der Waals surface area (Å²) in [5.41, 5.74) is 0. The third kappa shape index (κ3) is 5.48. The quantitative estimate of drug-likeness (QED) is 0.571. The van der Waals surface area contributed by atoms with Crippen molar-refractivity contribution in [2.45, 2.75) is 26.7 Å². The van der Waals surface area contributed by atoms with Gasteiger partial charge in [-0.3, -0.25) is 0 Å². The molecule has 0 aromatic rings. The van der Waals surface area contributed by atoms with Gasteiger partial charge in [0.1, 0.15) is 0 Å². The first kappa shape index (κ1) is 9.34. The second-order valence-electron chi connectivity index (χ2n) is 2.07. The summed E-state index contributed by atoms with van der Waals surface area (Å²) in [6, 6.07) is 0. The minimum absolute atomic E-state index is 0.183. The van der Waals surface area contributed by atoms with Crippen molar-refractivity contribution in [3.05, 3.63) is 23.8 Å². The van der Waals surface area contributed by atoms with Crippen LogP contribution in [0.25, 0.3) is 0 Å². The first-order valence-corrected chi connectivity index (χ1v) is 3.29. The van der Waals surface area contributed by atoms with Crippen molar-refractivity contribution in [3.8, 4) is 0 Å². The average molecular weight is 146 g/mol. The van der Waals surface area contributed by atoms with Crippen molar-refractivity contribution >= 4 is 0 Å². The second kappa shape index (κ2) is 5.15. The van der Waals surface area contributed by atoms with Crippen molar-refractivity contribution in [1.29, 1.82) is 0 Å². The summed E-state index contributed by atoms with van der Waals surface area (Å²) in [5, 5.41) is 0. The number of halogens is 2. The average Bonchev–Trinajstić information content (AvgIpc) is 1.87. The molecule has 0 aliphatic rings. The minimum Gasteiger partial charge on any atom is -0.212 e. The molecule has 0 aliphatic heterocycles. The maximum Gasteiger partial charge on any atom is 0.0960 e. The number of hydrogen-bond donors (Lipinski definition) is 0. The lowest BCUT2D eigenvalue weighted by atomic mass is 10.2. The Morgan fingerprint density at radius 2 is 2.00 bits per heavy atom. The molecule has 0 fully saturated rings. The van der Waals surface area contributed by atoms with Crippen LogP contribution < -0.4 is 0 Å². The van der Waals surface area contributed by atoms with Gasteiger partial charge in [-0.1, -0.05) is 12.2 Å². The zero-order valence-electron chi connectivity index (χ0n) is 6.32. The van der Waals surface area contributed by atoms with Crippen LogP contribution in [-0.2, 0) is 0 Å². The molecule has 0 bridgehead atoms. The molecule has 0 N–H and O–H groups in total. The van der Waals surface area contributed by atoms with Crippen LogP contribution in [-0.4, -0.2) is 0 Å². The Labute approximate surface area is 60.2 Å². The number of hydrogen-bond acceptors (Lipinski definition) is 0. The molecule has 0 saturated heterocycles. The lowest BCUT2D eigenvalue weighted by Crippen LogP contribution is -1.72. The van der Waals surface area contributed by atoms with Crippen LogP contribution >= 0.6 is 0 Å². The lowest BCUT2D eigenvalue weighted by molar-refractivity contribution is 0.582. The van der Waals surface area contributed by atoms with E-state index in [1.54, 1.807) is 6.92 Å². The van der Waals surface area contributed by atoms with E-state index in [0.717, 1.165) is 0 Å². The van der Waals surface area contributed by atoms with Gasteiger partial charge in [-0.2, -0.15) is 0 Å². The molecule has 0 unspecified atom stereocenters. The number of rotatable bonds is 3. The first-order valence-electron chi connectivity index (χ1n) is 3.29. The molecule has 0 nitrogen and oxygen atoms in total. The molecule has 2 heteroatoms. The van der Waals surface area contributed by atoms with E-state index >= 15 is 0 Å². The normalized spacial score (nSPS) is 14.0. The molecule has 0 radical (unpaired) electrons. The molecule has 0 heterocycles. The third-order valence-electron chi connectivity index (χ3n) is 1.12. The summed E-state index contributed by atoms with van der Waals surface area (Å²) in [6.45, 7) is 2.98. The summed E-state index contributed by atoms with van der Waals surface area (Å²) >= 11 is 0. The highest BCUT2D eigenvalue weighted by Crippen LogP contribution is 2.08. The van der Waals surface area contributed by atoms with E-state index in [1.165, 1.54) is 19.1 Å². The molecule has 0 aliphatic carbocycles. The predicted octanol–water partition coefficient (Wildman–Crippen LogP) is 3.51. The van der Waals surface area contributed by atoms with E-state index < -0.39 is 0 Å². The Hall–Kier alpha value is -0.660. The van der Waals surface area contributed by atoms with Gasteiger partial charge in [0.15, 0.2) is 0 Å². The van der Waals surface area contributed by atoms with Gasteiger partial charge in [0, 0.05) is 6.42 Å². The van der Waals surface area contributed by atoms with Crippen molar-refractivity contribution < 1.29 is 8.78 Å². The largest absolute Gasteiger partial charge is 0.212 e. The van der Waals surface area contributed by atoms with Crippen LogP contribution in [0.1, 0.15) is 26.7 Å². The van der Waals surface area contributed by atoms with Crippen molar-refractivity contribution in [1.82, 2.24) is 0 Å². The second-order valence-corrected chi connectivity index (χ2v) is 2.07. The van der Waals surface area contributed by atoms with Gasteiger partial charge >= 0.3 is 0 Å². The van der Waals surface area contributed by atoms with Crippen LogP contribution in [0.5, 0.6) is 0 Å². The Kier molecular flexibility index (Phi) is 4.81.